The van der Waals surface area contributed by atoms with Crippen molar-refractivity contribution in [1.29, 1.82) is 0 Å². The van der Waals surface area contributed by atoms with Crippen molar-refractivity contribution in [1.82, 2.24) is 39.5 Å². The van der Waals surface area contributed by atoms with Crippen molar-refractivity contribution in [3.8, 4) is 17.2 Å². The lowest BCUT2D eigenvalue weighted by Gasteiger charge is -2.36. The first-order valence-corrected chi connectivity index (χ1v) is 22.1. The number of imide groups is 1. The molecule has 6 heterocycles. The van der Waals surface area contributed by atoms with Crippen LogP contribution in [0.1, 0.15) is 82.5 Å². The standard InChI is InChI=1S/C47H51N11O8/c1-54(2)47(63)37-20-28-24-49-40(50-44(28)58(37)31-8-5-6-9-31)23-29-12-13-32(25-48-29)55-16-18-56(19-17-55)42(60)27-66-43-38(64-3)21-30(22-39(43)65-4)52-53-35-11-7-10-33-34(35)26-57(46(33)62)36-14-15-41(59)51-45(36)61/h7,10-13,20-22,24-25,31,36H,5-6,8-9,14-19,23,26-27H2,1-4H3,(H,51,59,61). The van der Waals surface area contributed by atoms with Crippen LogP contribution in [-0.2, 0) is 27.3 Å². The highest BCUT2D eigenvalue weighted by Crippen LogP contribution is 2.42. The van der Waals surface area contributed by atoms with E-state index in [1.807, 2.05) is 24.4 Å². The number of carbonyl (C=O) groups excluding carboxylic acids is 5. The molecule has 5 amide bonds. The zero-order chi connectivity index (χ0) is 46.1. The number of nitrogens with zero attached hydrogens (tertiary/aromatic N) is 10. The van der Waals surface area contributed by atoms with Gasteiger partial charge in [0, 0.05) is 99.8 Å². The monoisotopic (exact) mass is 897 g/mol. The predicted molar refractivity (Wildman–Crippen MR) is 241 cm³/mol. The van der Waals surface area contributed by atoms with Gasteiger partial charge in [-0.3, -0.25) is 34.3 Å². The van der Waals surface area contributed by atoms with E-state index in [1.54, 1.807) is 60.4 Å². The molecule has 1 aliphatic carbocycles. The molecule has 19 nitrogen and oxygen atoms in total. The molecule has 1 atom stereocenters. The second-order valence-electron chi connectivity index (χ2n) is 17.0. The molecule has 9 rings (SSSR count). The number of piperazine rings is 1. The first-order chi connectivity index (χ1) is 32.0. The third-order valence-corrected chi connectivity index (χ3v) is 12.7. The van der Waals surface area contributed by atoms with Crippen LogP contribution < -0.4 is 24.4 Å². The van der Waals surface area contributed by atoms with Crippen LogP contribution in [0.15, 0.2) is 71.2 Å². The van der Waals surface area contributed by atoms with Gasteiger partial charge in [-0.05, 0) is 49.6 Å². The van der Waals surface area contributed by atoms with E-state index < -0.39 is 11.9 Å². The van der Waals surface area contributed by atoms with Gasteiger partial charge in [-0.1, -0.05) is 18.9 Å². The molecular formula is C47H51N11O8. The fourth-order valence-corrected chi connectivity index (χ4v) is 9.20. The van der Waals surface area contributed by atoms with E-state index in [0.29, 0.717) is 66.6 Å². The summed E-state index contributed by atoms with van der Waals surface area (Å²) in [6.07, 6.45) is 8.82. The van der Waals surface area contributed by atoms with E-state index in [4.69, 9.17) is 24.2 Å². The molecule has 19 heteroatoms. The second kappa shape index (κ2) is 18.6. The summed E-state index contributed by atoms with van der Waals surface area (Å²) in [5, 5.41) is 12.0. The van der Waals surface area contributed by atoms with Crippen LogP contribution in [0, 0.1) is 0 Å². The molecule has 1 saturated carbocycles. The van der Waals surface area contributed by atoms with Crippen LogP contribution in [0.4, 0.5) is 17.1 Å². The summed E-state index contributed by atoms with van der Waals surface area (Å²) in [7, 11) is 6.48. The highest BCUT2D eigenvalue weighted by molar-refractivity contribution is 6.06. The van der Waals surface area contributed by atoms with Crippen LogP contribution in [-0.4, -0.2) is 131 Å². The van der Waals surface area contributed by atoms with Gasteiger partial charge in [0.1, 0.15) is 23.2 Å². The lowest BCUT2D eigenvalue weighted by molar-refractivity contribution is -0.137. The van der Waals surface area contributed by atoms with Gasteiger partial charge in [0.05, 0.1) is 43.9 Å². The number of ether oxygens (including phenoxy) is 3. The summed E-state index contributed by atoms with van der Waals surface area (Å²) in [6.45, 7) is 2.11. The number of methoxy groups -OCH3 is 2. The molecule has 5 aromatic rings. The number of aromatic nitrogens is 4. The summed E-state index contributed by atoms with van der Waals surface area (Å²) in [4.78, 5) is 85.4. The minimum absolute atomic E-state index is 0.0404. The summed E-state index contributed by atoms with van der Waals surface area (Å²) in [6, 6.07) is 13.7. The first-order valence-electron chi connectivity index (χ1n) is 22.1. The number of fused-ring (bicyclic) bond motifs is 2. The summed E-state index contributed by atoms with van der Waals surface area (Å²) in [5.74, 6) is 0.0665. The summed E-state index contributed by atoms with van der Waals surface area (Å²) in [5.41, 5.74) is 5.09. The quantitative estimate of drug-likeness (QED) is 0.120. The third-order valence-electron chi connectivity index (χ3n) is 12.7. The minimum atomic E-state index is -0.749. The Morgan fingerprint density at radius 3 is 2.33 bits per heavy atom. The van der Waals surface area contributed by atoms with E-state index in [-0.39, 0.29) is 72.9 Å². The van der Waals surface area contributed by atoms with Crippen molar-refractivity contribution < 1.29 is 38.2 Å². The van der Waals surface area contributed by atoms with Gasteiger partial charge < -0.3 is 38.4 Å². The largest absolute Gasteiger partial charge is 0.493 e. The fourth-order valence-electron chi connectivity index (χ4n) is 9.20. The van der Waals surface area contributed by atoms with Crippen LogP contribution >= 0.6 is 0 Å². The molecule has 2 saturated heterocycles. The third kappa shape index (κ3) is 8.71. The normalized spacial score (nSPS) is 17.7. The zero-order valence-corrected chi connectivity index (χ0v) is 37.4. The Morgan fingerprint density at radius 2 is 1.65 bits per heavy atom. The molecule has 3 aliphatic heterocycles. The van der Waals surface area contributed by atoms with E-state index in [1.165, 1.54) is 19.1 Å². The topological polar surface area (TPSA) is 206 Å². The number of piperidine rings is 1. The first kappa shape index (κ1) is 43.8. The van der Waals surface area contributed by atoms with Crippen molar-refractivity contribution in [2.75, 3.05) is 66.0 Å². The van der Waals surface area contributed by atoms with E-state index in [0.717, 1.165) is 48.1 Å². The fraction of sp³-hybridized carbons (Fsp3) is 0.404. The SMILES string of the molecule is COc1cc(N=Nc2cccc3c2CN(C2CCC(=O)NC2=O)C3=O)cc(OC)c1OCC(=O)N1CCN(c2ccc(Cc3ncc4cc(C(=O)N(C)C)n(C5CCCC5)c4n3)nc2)CC1. The number of hydrogen-bond acceptors (Lipinski definition) is 14. The van der Waals surface area contributed by atoms with Gasteiger partial charge in [-0.15, -0.1) is 0 Å². The highest BCUT2D eigenvalue weighted by Gasteiger charge is 2.40. The maximum Gasteiger partial charge on any atom is 0.270 e. The van der Waals surface area contributed by atoms with E-state index >= 15 is 0 Å². The molecule has 0 spiro atoms. The number of rotatable bonds is 13. The molecular weight excluding hydrogens is 847 g/mol. The Kier molecular flexibility index (Phi) is 12.3. The number of amides is 5. The number of benzene rings is 2. The highest BCUT2D eigenvalue weighted by atomic mass is 16.5. The molecule has 3 fully saturated rings. The van der Waals surface area contributed by atoms with E-state index in [9.17, 15) is 24.0 Å². The molecule has 2 aromatic carbocycles. The lowest BCUT2D eigenvalue weighted by Crippen LogP contribution is -2.52. The average molecular weight is 898 g/mol. The molecule has 3 aromatic heterocycles. The Hall–Kier alpha value is -7.44. The Balaban J connectivity index is 0.799. The van der Waals surface area contributed by atoms with E-state index in [2.05, 4.69) is 30.0 Å². The van der Waals surface area contributed by atoms with Crippen LogP contribution in [0.3, 0.4) is 0 Å². The lowest BCUT2D eigenvalue weighted by atomic mass is 10.0. The van der Waals surface area contributed by atoms with Gasteiger partial charge in [0.25, 0.3) is 17.7 Å². The van der Waals surface area contributed by atoms with Crippen molar-refractivity contribution in [2.45, 2.75) is 63.6 Å². The van der Waals surface area contributed by atoms with Gasteiger partial charge in [-0.2, -0.15) is 10.2 Å². The van der Waals surface area contributed by atoms with Crippen molar-refractivity contribution in [3.63, 3.8) is 0 Å². The number of anilines is 1. The van der Waals surface area contributed by atoms with Gasteiger partial charge in [0.2, 0.25) is 17.6 Å². The molecule has 0 radical (unpaired) electrons. The second-order valence-corrected chi connectivity index (χ2v) is 17.0. The van der Waals surface area contributed by atoms with Crippen molar-refractivity contribution in [2.24, 2.45) is 10.2 Å². The molecule has 1 N–H and O–H groups in total. The predicted octanol–water partition coefficient (Wildman–Crippen LogP) is 5.16. The number of azo groups is 1. The summed E-state index contributed by atoms with van der Waals surface area (Å²) >= 11 is 0. The van der Waals surface area contributed by atoms with Crippen molar-refractivity contribution >= 4 is 57.6 Å². The Labute approximate surface area is 380 Å². The Morgan fingerprint density at radius 1 is 0.894 bits per heavy atom. The van der Waals surface area contributed by atoms with Crippen molar-refractivity contribution in [3.05, 3.63) is 89.3 Å². The molecule has 0 bridgehead atoms. The summed E-state index contributed by atoms with van der Waals surface area (Å²) < 4.78 is 19.4. The molecule has 1 unspecified atom stereocenters. The number of nitrogens with one attached hydrogen (secondary N) is 1. The van der Waals surface area contributed by atoms with Crippen LogP contribution in [0.25, 0.3) is 11.0 Å². The van der Waals surface area contributed by atoms with Gasteiger partial charge in [0.15, 0.2) is 18.1 Å². The van der Waals surface area contributed by atoms with Crippen LogP contribution in [0.5, 0.6) is 17.2 Å². The number of carbonyl (C=O) groups is 5. The zero-order valence-electron chi connectivity index (χ0n) is 37.4. The number of pyridine rings is 1. The molecule has 66 heavy (non-hydrogen) atoms. The van der Waals surface area contributed by atoms with Gasteiger partial charge in [-0.25, -0.2) is 9.97 Å². The minimum Gasteiger partial charge on any atom is -0.493 e. The maximum atomic E-state index is 13.4. The smallest absolute Gasteiger partial charge is 0.270 e. The Bertz CT molecular complexity index is 2710. The molecule has 4 aliphatic rings. The number of hydrogen-bond donors (Lipinski definition) is 1. The van der Waals surface area contributed by atoms with Gasteiger partial charge >= 0.3 is 0 Å². The molecule has 342 valence electrons. The maximum absolute atomic E-state index is 13.4. The average Bonchev–Trinajstić information content (AvgIpc) is 4.08. The van der Waals surface area contributed by atoms with Crippen LogP contribution in [0.2, 0.25) is 0 Å².